The lowest BCUT2D eigenvalue weighted by atomic mass is 10.2. The van der Waals surface area contributed by atoms with E-state index < -0.39 is 42.6 Å². The molecule has 2 bridgehead atoms. The number of alkyl halides is 4. The highest BCUT2D eigenvalue weighted by molar-refractivity contribution is 8.18. The van der Waals surface area contributed by atoms with Crippen LogP contribution in [0.25, 0.3) is 0 Å². The fraction of sp³-hybridized carbons (Fsp3) is 1.00. The quantitative estimate of drug-likeness (QED) is 0.0994. The Balaban J connectivity index is 0.000000365. The maximum absolute atomic E-state index is 13.7. The van der Waals surface area contributed by atoms with E-state index >= 15 is 0 Å². The van der Waals surface area contributed by atoms with Gasteiger partial charge in [-0.15, -0.1) is 0 Å². The van der Waals surface area contributed by atoms with Gasteiger partial charge in [0.15, 0.2) is 11.7 Å². The second-order valence-electron chi connectivity index (χ2n) is 7.35. The number of halogens is 8. The normalized spacial score (nSPS) is 32.8. The van der Waals surface area contributed by atoms with Gasteiger partial charge in [0.2, 0.25) is 13.1 Å². The molecular formula is C14H30Cl4F4N7O2P3. The molecule has 20 heteroatoms. The van der Waals surface area contributed by atoms with Crippen LogP contribution in [0.5, 0.6) is 0 Å². The highest BCUT2D eigenvalue weighted by Gasteiger charge is 2.73. The Hall–Kier alpha value is 1.33. The van der Waals surface area contributed by atoms with Crippen molar-refractivity contribution in [1.82, 2.24) is 10.6 Å². The van der Waals surface area contributed by atoms with Crippen LogP contribution in [0, 0.1) is 0 Å². The Kier molecular flexibility index (Phi) is 13.7. The van der Waals surface area contributed by atoms with Crippen LogP contribution >= 0.6 is 64.0 Å². The molecule has 4 unspecified atom stereocenters. The molecule has 34 heavy (non-hydrogen) atoms. The van der Waals surface area contributed by atoms with Crippen LogP contribution in [0.1, 0.15) is 25.7 Å². The first-order chi connectivity index (χ1) is 15.6. The third-order valence-electron chi connectivity index (χ3n) is 4.50. The van der Waals surface area contributed by atoms with E-state index in [2.05, 4.69) is 24.2 Å². The first kappa shape index (κ1) is 33.4. The number of nitrogens with two attached hydrogens (primary N) is 2. The highest BCUT2D eigenvalue weighted by atomic mass is 35.9. The number of aliphatic hydroxyl groups excluding tert-OH is 2. The van der Waals surface area contributed by atoms with Crippen molar-refractivity contribution in [2.45, 2.75) is 49.2 Å². The van der Waals surface area contributed by atoms with Crippen molar-refractivity contribution < 1.29 is 27.8 Å². The number of aliphatic hydroxyl groups is 2. The zero-order valence-electron chi connectivity index (χ0n) is 18.0. The largest absolute Gasteiger partial charge is 0.378 e. The lowest BCUT2D eigenvalue weighted by molar-refractivity contribution is -0.256. The standard InChI is InChI=1S/C10H26N4.C4H4Cl4F4N3O2P3/c11-5-3-9-13-7-1-2-8-14-10-4-6-12;5-18-1(16)3(9,10)4(11,12)2(17)19(6,13-18)15-20(7,8)14-18/h13-14H,1-12H2;1-2,16-17H. The molecular weight excluding hydrogens is 609 g/mol. The molecule has 0 saturated carbocycles. The van der Waals surface area contributed by atoms with Crippen molar-refractivity contribution in [2.75, 3.05) is 39.3 Å². The van der Waals surface area contributed by atoms with Crippen LogP contribution < -0.4 is 22.1 Å². The molecule has 0 aromatic heterocycles. The van der Waals surface area contributed by atoms with Gasteiger partial charge < -0.3 is 32.3 Å². The summed E-state index contributed by atoms with van der Waals surface area (Å²) in [6.45, 7) is -2.86. The molecule has 0 aromatic rings. The Bertz CT molecular complexity index is 816. The Morgan fingerprint density at radius 1 is 0.676 bits per heavy atom. The number of unbranched alkanes of at least 4 members (excludes halogenated alkanes) is 1. The van der Waals surface area contributed by atoms with Gasteiger partial charge in [-0.2, -0.15) is 26.6 Å². The molecule has 0 aliphatic carbocycles. The van der Waals surface area contributed by atoms with E-state index in [-0.39, 0.29) is 0 Å². The van der Waals surface area contributed by atoms with Gasteiger partial charge in [-0.05, 0) is 110 Å². The van der Waals surface area contributed by atoms with Crippen LogP contribution in [0.3, 0.4) is 0 Å². The minimum Gasteiger partial charge on any atom is -0.378 e. The second kappa shape index (κ2) is 13.9. The summed E-state index contributed by atoms with van der Waals surface area (Å²) in [6, 6.07) is 0. The minimum absolute atomic E-state index is 0.785. The monoisotopic (exact) mass is 637 g/mol. The molecule has 2 heterocycles. The maximum atomic E-state index is 13.7. The summed E-state index contributed by atoms with van der Waals surface area (Å²) in [5.74, 6) is -20.4. The van der Waals surface area contributed by atoms with E-state index in [1.807, 2.05) is 0 Å². The molecule has 0 spiro atoms. The van der Waals surface area contributed by atoms with Gasteiger partial charge in [-0.1, -0.05) is 0 Å². The lowest BCUT2D eigenvalue weighted by Crippen LogP contribution is -2.53. The molecule has 0 amide bonds. The molecule has 0 fully saturated rings. The summed E-state index contributed by atoms with van der Waals surface area (Å²) >= 11 is 22.5. The molecule has 2 aliphatic heterocycles. The maximum Gasteiger partial charge on any atom is 0.346 e. The van der Waals surface area contributed by atoms with Crippen molar-refractivity contribution in [1.29, 1.82) is 0 Å². The van der Waals surface area contributed by atoms with Crippen molar-refractivity contribution in [3.63, 3.8) is 0 Å². The summed E-state index contributed by atoms with van der Waals surface area (Å²) < 4.78 is 64.7. The van der Waals surface area contributed by atoms with Crippen molar-refractivity contribution >= 4 is 64.0 Å². The molecule has 2 rings (SSSR count). The predicted molar refractivity (Wildman–Crippen MR) is 136 cm³/mol. The first-order valence-corrected chi connectivity index (χ1v) is 19.1. The van der Waals surface area contributed by atoms with E-state index in [1.54, 1.807) is 0 Å². The predicted octanol–water partition coefficient (Wildman–Crippen LogP) is 5.53. The van der Waals surface area contributed by atoms with Gasteiger partial charge in [0, 0.05) is 0 Å². The summed E-state index contributed by atoms with van der Waals surface area (Å²) in [4.78, 5) is 0. The summed E-state index contributed by atoms with van der Waals surface area (Å²) in [5, 5.41) is 25.7. The van der Waals surface area contributed by atoms with Gasteiger partial charge in [0.05, 0.1) is 0 Å². The van der Waals surface area contributed by atoms with Gasteiger partial charge in [0.25, 0.3) is 5.91 Å². The molecule has 8 N–H and O–H groups in total. The van der Waals surface area contributed by atoms with Gasteiger partial charge in [-0.3, -0.25) is 0 Å². The average Bonchev–Trinajstić information content (AvgIpc) is 2.73. The van der Waals surface area contributed by atoms with E-state index in [0.29, 0.717) is 0 Å². The molecule has 2 aliphatic rings. The van der Waals surface area contributed by atoms with Crippen LogP contribution in [-0.2, 0) is 0 Å². The fourth-order valence-electron chi connectivity index (χ4n) is 2.69. The van der Waals surface area contributed by atoms with E-state index in [1.165, 1.54) is 12.8 Å². The van der Waals surface area contributed by atoms with Crippen molar-refractivity contribution in [2.24, 2.45) is 25.0 Å². The topological polar surface area (TPSA) is 154 Å². The van der Waals surface area contributed by atoms with Gasteiger partial charge in [-0.25, -0.2) is 4.52 Å². The van der Waals surface area contributed by atoms with Gasteiger partial charge in [0.1, 0.15) is 0 Å². The zero-order valence-corrected chi connectivity index (χ0v) is 23.7. The third kappa shape index (κ3) is 8.69. The Labute approximate surface area is 215 Å². The minimum atomic E-state index is -5.13. The van der Waals surface area contributed by atoms with E-state index in [4.69, 9.17) is 56.4 Å². The van der Waals surface area contributed by atoms with Crippen LogP contribution in [0.4, 0.5) is 17.6 Å². The van der Waals surface area contributed by atoms with Crippen molar-refractivity contribution in [3.8, 4) is 0 Å². The Morgan fingerprint density at radius 2 is 1.03 bits per heavy atom. The number of rotatable bonds is 11. The number of hydrogen-bond acceptors (Lipinski definition) is 9. The van der Waals surface area contributed by atoms with E-state index in [9.17, 15) is 27.8 Å². The smallest absolute Gasteiger partial charge is 0.346 e. The number of fused-ring (bicyclic) bond motifs is 1. The van der Waals surface area contributed by atoms with Gasteiger partial charge >= 0.3 is 11.8 Å². The fourth-order valence-corrected chi connectivity index (χ4v) is 20.3. The third-order valence-corrected chi connectivity index (χ3v) is 18.1. The van der Waals surface area contributed by atoms with Crippen LogP contribution in [0.15, 0.2) is 13.5 Å². The zero-order chi connectivity index (χ0) is 26.3. The van der Waals surface area contributed by atoms with Crippen LogP contribution in [0.2, 0.25) is 0 Å². The average molecular weight is 639 g/mol. The summed E-state index contributed by atoms with van der Waals surface area (Å²) in [7, 11) is 0. The lowest BCUT2D eigenvalue weighted by Gasteiger charge is -2.31. The SMILES string of the molecule is NCCCNCCCCNCCCN.OC1C(F)(F)C(F)(F)C(O)P2(Cl)=NP1(Cl)=NP(Cl)(Cl)=N2. The van der Waals surface area contributed by atoms with Crippen LogP contribution in [-0.4, -0.2) is 73.0 Å². The summed E-state index contributed by atoms with van der Waals surface area (Å²) in [6.07, 6.45) is 4.63. The molecule has 0 radical (unpaired) electrons. The number of nitrogens with one attached hydrogen (secondary N) is 2. The summed E-state index contributed by atoms with van der Waals surface area (Å²) in [5.41, 5.74) is 10.8. The highest BCUT2D eigenvalue weighted by Crippen LogP contribution is 2.90. The van der Waals surface area contributed by atoms with E-state index in [0.717, 1.165) is 52.1 Å². The molecule has 204 valence electrons. The van der Waals surface area contributed by atoms with Crippen molar-refractivity contribution in [3.05, 3.63) is 0 Å². The Morgan fingerprint density at radius 3 is 1.41 bits per heavy atom. The number of nitrogens with zero attached hydrogens (tertiary/aromatic N) is 3. The molecule has 4 atom stereocenters. The number of hydrogen-bond donors (Lipinski definition) is 6. The second-order valence-corrected chi connectivity index (χ2v) is 20.0. The molecule has 9 nitrogen and oxygen atoms in total. The molecule has 0 aromatic carbocycles. The first-order valence-electron chi connectivity index (χ1n) is 10.2. The molecule has 0 saturated heterocycles.